The smallest absolute Gasteiger partial charge is 0.305 e. The van der Waals surface area contributed by atoms with Crippen LogP contribution in [0, 0.1) is 0 Å². The minimum atomic E-state index is -0.851. The van der Waals surface area contributed by atoms with Crippen molar-refractivity contribution in [3.63, 3.8) is 0 Å². The lowest BCUT2D eigenvalue weighted by molar-refractivity contribution is -0.140. The average Bonchev–Trinajstić information content (AvgIpc) is 2.84. The molecule has 4 nitrogen and oxygen atoms in total. The Balaban J connectivity index is 2.23. The van der Waals surface area contributed by atoms with E-state index in [0.717, 1.165) is 32.1 Å². The summed E-state index contributed by atoms with van der Waals surface area (Å²) in [6.07, 6.45) is 4.55. The van der Waals surface area contributed by atoms with Crippen molar-refractivity contribution >= 4 is 34.8 Å². The van der Waals surface area contributed by atoms with E-state index in [2.05, 4.69) is 0 Å². The van der Waals surface area contributed by atoms with Gasteiger partial charge in [-0.15, -0.1) is 11.3 Å². The molecule has 20 heavy (non-hydrogen) atoms. The molecule has 1 heterocycles. The van der Waals surface area contributed by atoms with Gasteiger partial charge in [0.25, 0.3) is 5.91 Å². The Hall–Kier alpha value is -1.07. The minimum Gasteiger partial charge on any atom is -0.481 e. The molecule has 0 bridgehead atoms. The second-order valence-electron chi connectivity index (χ2n) is 5.32. The van der Waals surface area contributed by atoms with Crippen LogP contribution in [-0.4, -0.2) is 34.5 Å². The summed E-state index contributed by atoms with van der Waals surface area (Å²) in [5.41, 5.74) is -0.558. The van der Waals surface area contributed by atoms with Crippen LogP contribution >= 0.6 is 22.9 Å². The van der Waals surface area contributed by atoms with Gasteiger partial charge in [-0.3, -0.25) is 9.59 Å². The molecule has 1 aromatic rings. The molecule has 1 saturated carbocycles. The molecule has 0 unspecified atom stereocenters. The molecule has 1 aliphatic rings. The Bertz CT molecular complexity index is 508. The van der Waals surface area contributed by atoms with Crippen molar-refractivity contribution in [2.75, 3.05) is 7.05 Å². The summed E-state index contributed by atoms with van der Waals surface area (Å²) in [6, 6.07) is 3.39. The van der Waals surface area contributed by atoms with E-state index in [4.69, 9.17) is 11.6 Å². The first-order valence-electron chi connectivity index (χ1n) is 6.70. The molecule has 0 radical (unpaired) electrons. The van der Waals surface area contributed by atoms with Crippen LogP contribution < -0.4 is 0 Å². The van der Waals surface area contributed by atoms with Crippen LogP contribution in [0.15, 0.2) is 12.1 Å². The second kappa shape index (κ2) is 6.14. The Kier molecular flexibility index (Phi) is 4.70. The van der Waals surface area contributed by atoms with Crippen LogP contribution in [0.5, 0.6) is 0 Å². The summed E-state index contributed by atoms with van der Waals surface area (Å²) in [5, 5.41) is 9.18. The Morgan fingerprint density at radius 2 is 2.00 bits per heavy atom. The molecule has 0 spiro atoms. The van der Waals surface area contributed by atoms with Gasteiger partial charge in [0.15, 0.2) is 0 Å². The lowest BCUT2D eigenvalue weighted by Crippen LogP contribution is -2.51. The number of thiophene rings is 1. The van der Waals surface area contributed by atoms with Crippen LogP contribution in [0.25, 0.3) is 0 Å². The summed E-state index contributed by atoms with van der Waals surface area (Å²) >= 11 is 7.10. The largest absolute Gasteiger partial charge is 0.481 e. The fourth-order valence-electron chi connectivity index (χ4n) is 2.93. The lowest BCUT2D eigenvalue weighted by Gasteiger charge is -2.43. The Morgan fingerprint density at radius 3 is 2.50 bits per heavy atom. The Morgan fingerprint density at radius 1 is 1.35 bits per heavy atom. The summed E-state index contributed by atoms with van der Waals surface area (Å²) in [4.78, 5) is 25.9. The molecule has 0 saturated heterocycles. The van der Waals surface area contributed by atoms with Gasteiger partial charge in [-0.25, -0.2) is 0 Å². The van der Waals surface area contributed by atoms with Crippen LogP contribution in [0.3, 0.4) is 0 Å². The third-order valence-electron chi connectivity index (χ3n) is 4.06. The molecule has 6 heteroatoms. The van der Waals surface area contributed by atoms with Crippen molar-refractivity contribution in [1.82, 2.24) is 4.90 Å². The van der Waals surface area contributed by atoms with Gasteiger partial charge in [-0.05, 0) is 25.0 Å². The number of hydrogen-bond donors (Lipinski definition) is 1. The van der Waals surface area contributed by atoms with Gasteiger partial charge in [-0.2, -0.15) is 0 Å². The third-order valence-corrected chi connectivity index (χ3v) is 5.28. The van der Waals surface area contributed by atoms with E-state index >= 15 is 0 Å². The molecule has 1 fully saturated rings. The van der Waals surface area contributed by atoms with Crippen molar-refractivity contribution < 1.29 is 14.7 Å². The monoisotopic (exact) mass is 315 g/mol. The zero-order chi connectivity index (χ0) is 14.8. The maximum Gasteiger partial charge on any atom is 0.305 e. The number of amides is 1. The van der Waals surface area contributed by atoms with Gasteiger partial charge in [-0.1, -0.05) is 30.9 Å². The number of aliphatic carboxylic acids is 1. The molecule has 1 aliphatic carbocycles. The molecular weight excluding hydrogens is 298 g/mol. The highest BCUT2D eigenvalue weighted by molar-refractivity contribution is 7.17. The molecule has 110 valence electrons. The van der Waals surface area contributed by atoms with Crippen molar-refractivity contribution in [3.8, 4) is 0 Å². The second-order valence-corrected chi connectivity index (χ2v) is 7.04. The highest BCUT2D eigenvalue weighted by Crippen LogP contribution is 2.37. The lowest BCUT2D eigenvalue weighted by atomic mass is 9.78. The predicted octanol–water partition coefficient (Wildman–Crippen LogP) is 3.65. The summed E-state index contributed by atoms with van der Waals surface area (Å²) in [5.74, 6) is -0.985. The maximum atomic E-state index is 12.5. The van der Waals surface area contributed by atoms with Gasteiger partial charge in [0, 0.05) is 7.05 Å². The number of carboxylic acid groups (broad SMARTS) is 1. The van der Waals surface area contributed by atoms with Gasteiger partial charge < -0.3 is 10.0 Å². The number of halogens is 1. The van der Waals surface area contributed by atoms with Crippen LogP contribution in [0.4, 0.5) is 0 Å². The van der Waals surface area contributed by atoms with E-state index < -0.39 is 11.5 Å². The van der Waals surface area contributed by atoms with E-state index in [1.807, 2.05) is 0 Å². The van der Waals surface area contributed by atoms with Crippen LogP contribution in [0.2, 0.25) is 4.34 Å². The first kappa shape index (κ1) is 15.3. The molecule has 0 aromatic carbocycles. The van der Waals surface area contributed by atoms with Crippen molar-refractivity contribution in [1.29, 1.82) is 0 Å². The number of hydrogen-bond acceptors (Lipinski definition) is 3. The van der Waals surface area contributed by atoms with Crippen molar-refractivity contribution in [2.45, 2.75) is 44.1 Å². The number of nitrogens with zero attached hydrogens (tertiary/aromatic N) is 1. The quantitative estimate of drug-likeness (QED) is 0.922. The predicted molar refractivity (Wildman–Crippen MR) is 79.5 cm³/mol. The van der Waals surface area contributed by atoms with Crippen molar-refractivity contribution in [3.05, 3.63) is 21.3 Å². The minimum absolute atomic E-state index is 0.00828. The summed E-state index contributed by atoms with van der Waals surface area (Å²) < 4.78 is 0.567. The zero-order valence-corrected chi connectivity index (χ0v) is 13.0. The number of carbonyl (C=O) groups excluding carboxylic acids is 1. The van der Waals surface area contributed by atoms with E-state index in [0.29, 0.717) is 9.21 Å². The third kappa shape index (κ3) is 3.15. The fraction of sp³-hybridized carbons (Fsp3) is 0.571. The summed E-state index contributed by atoms with van der Waals surface area (Å²) in [6.45, 7) is 0. The number of carbonyl (C=O) groups is 2. The van der Waals surface area contributed by atoms with E-state index in [-0.39, 0.29) is 12.3 Å². The van der Waals surface area contributed by atoms with Gasteiger partial charge >= 0.3 is 5.97 Å². The zero-order valence-electron chi connectivity index (χ0n) is 11.4. The maximum absolute atomic E-state index is 12.5. The van der Waals surface area contributed by atoms with Crippen LogP contribution in [0.1, 0.15) is 48.2 Å². The van der Waals surface area contributed by atoms with E-state index in [1.54, 1.807) is 24.1 Å². The standard InChI is InChI=1S/C14H18ClNO3S/c1-16(13(19)10-5-6-11(15)20-10)14(9-12(17)18)7-3-2-4-8-14/h5-6H,2-4,7-9H2,1H3,(H,17,18). The van der Waals surface area contributed by atoms with Gasteiger partial charge in [0.1, 0.15) is 0 Å². The molecule has 1 N–H and O–H groups in total. The molecule has 2 rings (SSSR count). The van der Waals surface area contributed by atoms with E-state index in [1.165, 1.54) is 11.3 Å². The van der Waals surface area contributed by atoms with Crippen molar-refractivity contribution in [2.24, 2.45) is 0 Å². The molecular formula is C14H18ClNO3S. The first-order valence-corrected chi connectivity index (χ1v) is 7.89. The van der Waals surface area contributed by atoms with Gasteiger partial charge in [0.05, 0.1) is 21.2 Å². The highest BCUT2D eigenvalue weighted by atomic mass is 35.5. The topological polar surface area (TPSA) is 57.6 Å². The SMILES string of the molecule is CN(C(=O)c1ccc(Cl)s1)C1(CC(=O)O)CCCCC1. The first-order chi connectivity index (χ1) is 9.44. The molecule has 0 atom stereocenters. The Labute approximate surface area is 127 Å². The highest BCUT2D eigenvalue weighted by Gasteiger charge is 2.40. The molecule has 1 aromatic heterocycles. The average molecular weight is 316 g/mol. The number of rotatable bonds is 4. The van der Waals surface area contributed by atoms with E-state index in [9.17, 15) is 14.7 Å². The number of carboxylic acids is 1. The fourth-order valence-corrected chi connectivity index (χ4v) is 3.95. The van der Waals surface area contributed by atoms with Gasteiger partial charge in [0.2, 0.25) is 0 Å². The summed E-state index contributed by atoms with van der Waals surface area (Å²) in [7, 11) is 1.71. The normalized spacial score (nSPS) is 17.7. The van der Waals surface area contributed by atoms with Crippen LogP contribution in [-0.2, 0) is 4.79 Å². The molecule has 0 aliphatic heterocycles. The molecule has 1 amide bonds.